The SMILES string of the molecule is CC(=O)[C@@H]1CC[C@H](C)N(C(=O)OC(C)(C)C)[C@@H]1C. The van der Waals surface area contributed by atoms with Gasteiger partial charge in [0.25, 0.3) is 0 Å². The average Bonchev–Trinajstić information content (AvgIpc) is 2.13. The topological polar surface area (TPSA) is 46.6 Å². The Hall–Kier alpha value is -1.06. The average molecular weight is 255 g/mol. The van der Waals surface area contributed by atoms with E-state index in [4.69, 9.17) is 4.74 Å². The van der Waals surface area contributed by atoms with E-state index in [0.717, 1.165) is 12.8 Å². The van der Waals surface area contributed by atoms with Crippen LogP contribution in [-0.4, -0.2) is 34.5 Å². The molecule has 4 heteroatoms. The highest BCUT2D eigenvalue weighted by molar-refractivity contribution is 5.80. The summed E-state index contributed by atoms with van der Waals surface area (Å²) in [5.41, 5.74) is -0.500. The molecule has 1 amide bonds. The Balaban J connectivity index is 2.83. The van der Waals surface area contributed by atoms with Gasteiger partial charge in [-0.05, 0) is 54.4 Å². The number of carbonyl (C=O) groups is 2. The first-order valence-corrected chi connectivity index (χ1v) is 6.65. The molecule has 0 aromatic carbocycles. The Morgan fingerprint density at radius 3 is 2.17 bits per heavy atom. The van der Waals surface area contributed by atoms with Gasteiger partial charge in [-0.1, -0.05) is 0 Å². The standard InChI is InChI=1S/C14H25NO3/c1-9-7-8-12(11(3)16)10(2)15(9)13(17)18-14(4,5)6/h9-10,12H,7-8H2,1-6H3/t9-,10+,12+/m0/s1. The van der Waals surface area contributed by atoms with Crippen LogP contribution >= 0.6 is 0 Å². The van der Waals surface area contributed by atoms with Crippen LogP contribution in [0.15, 0.2) is 0 Å². The lowest BCUT2D eigenvalue weighted by atomic mass is 9.84. The second kappa shape index (κ2) is 5.29. The quantitative estimate of drug-likeness (QED) is 0.723. The van der Waals surface area contributed by atoms with E-state index in [1.165, 1.54) is 0 Å². The van der Waals surface area contributed by atoms with Crippen LogP contribution in [0.3, 0.4) is 0 Å². The summed E-state index contributed by atoms with van der Waals surface area (Å²) in [7, 11) is 0. The van der Waals surface area contributed by atoms with Gasteiger partial charge in [0.05, 0.1) is 0 Å². The number of ether oxygens (including phenoxy) is 1. The predicted octanol–water partition coefficient (Wildman–Crippen LogP) is 3.00. The molecule has 1 heterocycles. The number of piperidine rings is 1. The van der Waals surface area contributed by atoms with E-state index in [9.17, 15) is 9.59 Å². The first-order chi connectivity index (χ1) is 8.13. The summed E-state index contributed by atoms with van der Waals surface area (Å²) in [5, 5.41) is 0. The van der Waals surface area contributed by atoms with Crippen molar-refractivity contribution in [3.63, 3.8) is 0 Å². The minimum absolute atomic E-state index is 0.0614. The minimum Gasteiger partial charge on any atom is -0.444 e. The molecule has 1 fully saturated rings. The van der Waals surface area contributed by atoms with E-state index in [1.807, 2.05) is 34.6 Å². The maximum Gasteiger partial charge on any atom is 0.410 e. The first kappa shape index (κ1) is 15.0. The fourth-order valence-corrected chi connectivity index (χ4v) is 2.60. The summed E-state index contributed by atoms with van der Waals surface area (Å²) < 4.78 is 5.42. The molecule has 0 radical (unpaired) electrons. The Bertz CT molecular complexity index is 332. The molecule has 0 N–H and O–H groups in total. The van der Waals surface area contributed by atoms with E-state index in [2.05, 4.69) is 0 Å². The lowest BCUT2D eigenvalue weighted by Crippen LogP contribution is -2.54. The van der Waals surface area contributed by atoms with Crippen molar-refractivity contribution in [2.45, 2.75) is 72.1 Å². The predicted molar refractivity (Wildman–Crippen MR) is 70.4 cm³/mol. The highest BCUT2D eigenvalue weighted by Gasteiger charge is 2.39. The third kappa shape index (κ3) is 3.47. The van der Waals surface area contributed by atoms with Crippen LogP contribution in [0.1, 0.15) is 54.4 Å². The Labute approximate surface area is 110 Å². The van der Waals surface area contributed by atoms with E-state index in [-0.39, 0.29) is 29.9 Å². The molecule has 18 heavy (non-hydrogen) atoms. The zero-order valence-electron chi connectivity index (χ0n) is 12.3. The molecule has 1 aliphatic heterocycles. The monoisotopic (exact) mass is 255 g/mol. The zero-order chi connectivity index (χ0) is 14.1. The second-order valence-electron chi connectivity index (χ2n) is 6.27. The maximum absolute atomic E-state index is 12.2. The highest BCUT2D eigenvalue weighted by atomic mass is 16.6. The fourth-order valence-electron chi connectivity index (χ4n) is 2.60. The Kier molecular flexibility index (Phi) is 4.41. The molecule has 1 aliphatic rings. The van der Waals surface area contributed by atoms with Crippen molar-refractivity contribution in [3.8, 4) is 0 Å². The highest BCUT2D eigenvalue weighted by Crippen LogP contribution is 2.30. The number of Topliss-reactive ketones (excluding diaryl/α,β-unsaturated/α-hetero) is 1. The molecule has 1 saturated heterocycles. The van der Waals surface area contributed by atoms with Crippen molar-refractivity contribution in [2.24, 2.45) is 5.92 Å². The van der Waals surface area contributed by atoms with E-state index in [1.54, 1.807) is 11.8 Å². The molecule has 0 unspecified atom stereocenters. The van der Waals surface area contributed by atoms with Gasteiger partial charge in [-0.3, -0.25) is 4.79 Å². The number of nitrogens with zero attached hydrogens (tertiary/aromatic N) is 1. The zero-order valence-corrected chi connectivity index (χ0v) is 12.3. The number of rotatable bonds is 1. The van der Waals surface area contributed by atoms with Crippen LogP contribution in [0.5, 0.6) is 0 Å². The molecule has 0 saturated carbocycles. The molecule has 0 aromatic heterocycles. The normalized spacial score (nSPS) is 29.0. The Morgan fingerprint density at radius 1 is 1.17 bits per heavy atom. The molecule has 0 aliphatic carbocycles. The number of carbonyl (C=O) groups excluding carboxylic acids is 2. The van der Waals surface area contributed by atoms with Crippen LogP contribution in [0.2, 0.25) is 0 Å². The number of hydrogen-bond donors (Lipinski definition) is 0. The van der Waals surface area contributed by atoms with Crippen LogP contribution < -0.4 is 0 Å². The number of amides is 1. The van der Waals surface area contributed by atoms with Gasteiger partial charge in [-0.2, -0.15) is 0 Å². The van der Waals surface area contributed by atoms with Crippen LogP contribution in [0.4, 0.5) is 4.79 Å². The van der Waals surface area contributed by atoms with Gasteiger partial charge >= 0.3 is 6.09 Å². The summed E-state index contributed by atoms with van der Waals surface area (Å²) in [6.07, 6.45) is 1.40. The molecule has 1 rings (SSSR count). The van der Waals surface area contributed by atoms with Crippen molar-refractivity contribution in [1.82, 2.24) is 4.90 Å². The third-order valence-electron chi connectivity index (χ3n) is 3.52. The van der Waals surface area contributed by atoms with Gasteiger partial charge in [-0.15, -0.1) is 0 Å². The van der Waals surface area contributed by atoms with Crippen molar-refractivity contribution in [1.29, 1.82) is 0 Å². The van der Waals surface area contributed by atoms with Crippen molar-refractivity contribution >= 4 is 11.9 Å². The summed E-state index contributed by atoms with van der Waals surface area (Å²) in [5.74, 6) is 0.0941. The van der Waals surface area contributed by atoms with Crippen LogP contribution in [0, 0.1) is 5.92 Å². The summed E-state index contributed by atoms with van der Waals surface area (Å²) in [4.78, 5) is 25.5. The molecular weight excluding hydrogens is 230 g/mol. The lowest BCUT2D eigenvalue weighted by Gasteiger charge is -2.43. The van der Waals surface area contributed by atoms with Gasteiger partial charge in [0.1, 0.15) is 11.4 Å². The molecule has 0 aromatic rings. The number of hydrogen-bond acceptors (Lipinski definition) is 3. The minimum atomic E-state index is -0.500. The largest absolute Gasteiger partial charge is 0.444 e. The first-order valence-electron chi connectivity index (χ1n) is 6.65. The van der Waals surface area contributed by atoms with Gasteiger partial charge in [-0.25, -0.2) is 4.79 Å². The van der Waals surface area contributed by atoms with Crippen molar-refractivity contribution in [3.05, 3.63) is 0 Å². The van der Waals surface area contributed by atoms with Crippen LogP contribution in [0.25, 0.3) is 0 Å². The molecule has 104 valence electrons. The third-order valence-corrected chi connectivity index (χ3v) is 3.52. The number of likely N-dealkylation sites (tertiary alicyclic amines) is 1. The van der Waals surface area contributed by atoms with Gasteiger partial charge in [0.2, 0.25) is 0 Å². The van der Waals surface area contributed by atoms with E-state index >= 15 is 0 Å². The molecule has 3 atom stereocenters. The maximum atomic E-state index is 12.2. The van der Waals surface area contributed by atoms with Gasteiger partial charge < -0.3 is 9.64 Å². The summed E-state index contributed by atoms with van der Waals surface area (Å²) in [6, 6.07) is 0.0477. The molecular formula is C14H25NO3. The molecule has 0 bridgehead atoms. The van der Waals surface area contributed by atoms with Crippen molar-refractivity contribution < 1.29 is 14.3 Å². The van der Waals surface area contributed by atoms with Crippen LogP contribution in [-0.2, 0) is 9.53 Å². The fraction of sp³-hybridized carbons (Fsp3) is 0.857. The lowest BCUT2D eigenvalue weighted by molar-refractivity contribution is -0.124. The molecule has 0 spiro atoms. The number of ketones is 1. The van der Waals surface area contributed by atoms with E-state index < -0.39 is 5.60 Å². The summed E-state index contributed by atoms with van der Waals surface area (Å²) >= 11 is 0. The smallest absolute Gasteiger partial charge is 0.410 e. The second-order valence-corrected chi connectivity index (χ2v) is 6.27. The Morgan fingerprint density at radius 2 is 1.72 bits per heavy atom. The van der Waals surface area contributed by atoms with E-state index in [0.29, 0.717) is 0 Å². The molecule has 4 nitrogen and oxygen atoms in total. The van der Waals surface area contributed by atoms with Gasteiger partial charge in [0, 0.05) is 18.0 Å². The summed E-state index contributed by atoms with van der Waals surface area (Å²) in [6.45, 7) is 11.1. The van der Waals surface area contributed by atoms with Gasteiger partial charge in [0.15, 0.2) is 0 Å². The van der Waals surface area contributed by atoms with Crippen molar-refractivity contribution in [2.75, 3.05) is 0 Å².